The van der Waals surface area contributed by atoms with E-state index in [9.17, 15) is 9.18 Å². The van der Waals surface area contributed by atoms with Crippen LogP contribution in [0.2, 0.25) is 5.02 Å². The minimum absolute atomic E-state index is 0.0508. The lowest BCUT2D eigenvalue weighted by Crippen LogP contribution is -1.90. The molecule has 0 aliphatic carbocycles. The second-order valence-corrected chi connectivity index (χ2v) is 5.35. The van der Waals surface area contributed by atoms with Crippen molar-refractivity contribution < 1.29 is 19.0 Å². The van der Waals surface area contributed by atoms with Gasteiger partial charge in [-0.25, -0.2) is 9.18 Å². The topological polar surface area (TPSA) is 46.5 Å². The van der Waals surface area contributed by atoms with Crippen molar-refractivity contribution in [2.45, 2.75) is 0 Å². The van der Waals surface area contributed by atoms with Gasteiger partial charge in [0.1, 0.15) is 17.3 Å². The maximum atomic E-state index is 13.1. The van der Waals surface area contributed by atoms with Crippen molar-refractivity contribution in [2.75, 3.05) is 0 Å². The van der Waals surface area contributed by atoms with Crippen LogP contribution in [0.4, 0.5) is 4.39 Å². The maximum Gasteiger partial charge on any atom is 0.328 e. The summed E-state index contributed by atoms with van der Waals surface area (Å²) in [6.07, 6.45) is 2.42. The highest BCUT2D eigenvalue weighted by molar-refractivity contribution is 9.10. The average Bonchev–Trinajstić information content (AvgIpc) is 2.42. The molecule has 2 aromatic carbocycles. The van der Waals surface area contributed by atoms with Crippen LogP contribution in [0.3, 0.4) is 0 Å². The zero-order valence-corrected chi connectivity index (χ0v) is 12.9. The predicted octanol–water partition coefficient (Wildman–Crippen LogP) is 5.13. The Morgan fingerprint density at radius 1 is 1.29 bits per heavy atom. The van der Waals surface area contributed by atoms with Crippen LogP contribution in [-0.2, 0) is 4.79 Å². The molecule has 0 saturated carbocycles. The van der Waals surface area contributed by atoms with Crippen LogP contribution >= 0.6 is 27.5 Å². The first-order chi connectivity index (χ1) is 9.95. The molecule has 0 atom stereocenters. The van der Waals surface area contributed by atoms with Gasteiger partial charge in [-0.1, -0.05) is 33.6 Å². The SMILES string of the molecule is O=C(O)C=Cc1ccc(Br)cc1Oc1ccc(F)c(Cl)c1. The Labute approximate surface area is 133 Å². The Kier molecular flexibility index (Phi) is 4.98. The normalized spacial score (nSPS) is 10.8. The number of rotatable bonds is 4. The van der Waals surface area contributed by atoms with Crippen molar-refractivity contribution in [3.05, 3.63) is 63.4 Å². The van der Waals surface area contributed by atoms with E-state index in [1.807, 2.05) is 0 Å². The third-order valence-electron chi connectivity index (χ3n) is 2.50. The van der Waals surface area contributed by atoms with E-state index in [0.717, 1.165) is 10.5 Å². The molecule has 0 fully saturated rings. The quantitative estimate of drug-likeness (QED) is 0.758. The Morgan fingerprint density at radius 2 is 2.05 bits per heavy atom. The number of aliphatic carboxylic acids is 1. The standard InChI is InChI=1S/C15H9BrClFO3/c16-10-3-1-9(2-6-15(19)20)14(7-10)21-11-4-5-13(18)12(17)8-11/h1-8H,(H,19,20). The molecule has 3 nitrogen and oxygen atoms in total. The summed E-state index contributed by atoms with van der Waals surface area (Å²) >= 11 is 9.01. The van der Waals surface area contributed by atoms with Crippen LogP contribution < -0.4 is 4.74 Å². The largest absolute Gasteiger partial charge is 0.478 e. The summed E-state index contributed by atoms with van der Waals surface area (Å²) < 4.78 is 19.5. The average molecular weight is 372 g/mol. The van der Waals surface area contributed by atoms with Crippen LogP contribution in [0.25, 0.3) is 6.08 Å². The molecule has 0 aliphatic rings. The maximum absolute atomic E-state index is 13.1. The van der Waals surface area contributed by atoms with Gasteiger partial charge in [-0.15, -0.1) is 0 Å². The molecule has 2 rings (SSSR count). The number of benzene rings is 2. The highest BCUT2D eigenvalue weighted by Gasteiger charge is 2.07. The van der Waals surface area contributed by atoms with Crippen LogP contribution in [0.1, 0.15) is 5.56 Å². The summed E-state index contributed by atoms with van der Waals surface area (Å²) in [7, 11) is 0. The van der Waals surface area contributed by atoms with Crippen LogP contribution in [0.5, 0.6) is 11.5 Å². The molecule has 0 unspecified atom stereocenters. The molecular formula is C15H9BrClFO3. The molecule has 0 aliphatic heterocycles. The van der Waals surface area contributed by atoms with Crippen molar-refractivity contribution in [2.24, 2.45) is 0 Å². The third kappa shape index (κ3) is 4.31. The molecule has 6 heteroatoms. The Hall–Kier alpha value is -1.85. The molecule has 0 heterocycles. The van der Waals surface area contributed by atoms with Gasteiger partial charge in [-0.2, -0.15) is 0 Å². The first-order valence-electron chi connectivity index (χ1n) is 5.79. The van der Waals surface area contributed by atoms with Crippen LogP contribution in [0, 0.1) is 5.82 Å². The molecule has 2 aromatic rings. The number of hydrogen-bond acceptors (Lipinski definition) is 2. The minimum Gasteiger partial charge on any atom is -0.478 e. The van der Waals surface area contributed by atoms with E-state index in [0.29, 0.717) is 17.1 Å². The summed E-state index contributed by atoms with van der Waals surface area (Å²) in [6, 6.07) is 9.12. The van der Waals surface area contributed by atoms with E-state index >= 15 is 0 Å². The Balaban J connectivity index is 2.35. The Bertz CT molecular complexity index is 716. The molecule has 0 bridgehead atoms. The Morgan fingerprint density at radius 3 is 2.71 bits per heavy atom. The van der Waals surface area contributed by atoms with Gasteiger partial charge >= 0.3 is 5.97 Å². The van der Waals surface area contributed by atoms with E-state index in [1.54, 1.807) is 18.2 Å². The van der Waals surface area contributed by atoms with Crippen molar-refractivity contribution in [3.8, 4) is 11.5 Å². The zero-order chi connectivity index (χ0) is 15.4. The lowest BCUT2D eigenvalue weighted by Gasteiger charge is -2.10. The van der Waals surface area contributed by atoms with Crippen molar-refractivity contribution in [3.63, 3.8) is 0 Å². The van der Waals surface area contributed by atoms with Gasteiger partial charge in [0.25, 0.3) is 0 Å². The van der Waals surface area contributed by atoms with Gasteiger partial charge in [-0.05, 0) is 30.3 Å². The second-order valence-electron chi connectivity index (χ2n) is 4.03. The van der Waals surface area contributed by atoms with Crippen LogP contribution in [0.15, 0.2) is 46.9 Å². The molecule has 0 aromatic heterocycles. The number of halogens is 3. The molecule has 0 radical (unpaired) electrons. The van der Waals surface area contributed by atoms with Gasteiger partial charge in [0.05, 0.1) is 5.02 Å². The molecule has 0 amide bonds. The molecule has 0 saturated heterocycles. The van der Waals surface area contributed by atoms with Gasteiger partial charge in [0, 0.05) is 22.2 Å². The third-order valence-corrected chi connectivity index (χ3v) is 3.28. The van der Waals surface area contributed by atoms with Crippen molar-refractivity contribution >= 4 is 39.6 Å². The lowest BCUT2D eigenvalue weighted by atomic mass is 10.2. The van der Waals surface area contributed by atoms with Gasteiger partial charge < -0.3 is 9.84 Å². The second kappa shape index (κ2) is 6.74. The number of carbonyl (C=O) groups is 1. The highest BCUT2D eigenvalue weighted by Crippen LogP contribution is 2.31. The molecule has 1 N–H and O–H groups in total. The highest BCUT2D eigenvalue weighted by atomic mass is 79.9. The smallest absolute Gasteiger partial charge is 0.328 e. The number of ether oxygens (including phenoxy) is 1. The first kappa shape index (κ1) is 15.5. The predicted molar refractivity (Wildman–Crippen MR) is 82.3 cm³/mol. The lowest BCUT2D eigenvalue weighted by molar-refractivity contribution is -0.131. The fourth-order valence-corrected chi connectivity index (χ4v) is 2.07. The summed E-state index contributed by atoms with van der Waals surface area (Å²) in [5.41, 5.74) is 0.570. The van der Waals surface area contributed by atoms with E-state index in [-0.39, 0.29) is 5.02 Å². The fraction of sp³-hybridized carbons (Fsp3) is 0. The molecular weight excluding hydrogens is 363 g/mol. The molecule has 108 valence electrons. The first-order valence-corrected chi connectivity index (χ1v) is 6.96. The van der Waals surface area contributed by atoms with Gasteiger partial charge in [0.2, 0.25) is 0 Å². The minimum atomic E-state index is -1.06. The summed E-state index contributed by atoms with van der Waals surface area (Å²) in [5.74, 6) is -0.827. The van der Waals surface area contributed by atoms with E-state index in [1.165, 1.54) is 24.3 Å². The summed E-state index contributed by atoms with van der Waals surface area (Å²) in [4.78, 5) is 10.6. The monoisotopic (exact) mass is 370 g/mol. The zero-order valence-electron chi connectivity index (χ0n) is 10.5. The van der Waals surface area contributed by atoms with E-state index in [2.05, 4.69) is 15.9 Å². The summed E-state index contributed by atoms with van der Waals surface area (Å²) in [6.45, 7) is 0. The van der Waals surface area contributed by atoms with Crippen LogP contribution in [-0.4, -0.2) is 11.1 Å². The number of carboxylic acid groups (broad SMARTS) is 1. The number of hydrogen-bond donors (Lipinski definition) is 1. The van der Waals surface area contributed by atoms with Crippen molar-refractivity contribution in [1.82, 2.24) is 0 Å². The van der Waals surface area contributed by atoms with E-state index in [4.69, 9.17) is 21.4 Å². The summed E-state index contributed by atoms with van der Waals surface area (Å²) in [5, 5.41) is 8.63. The van der Waals surface area contributed by atoms with Crippen molar-refractivity contribution in [1.29, 1.82) is 0 Å². The molecule has 21 heavy (non-hydrogen) atoms. The van der Waals surface area contributed by atoms with E-state index < -0.39 is 11.8 Å². The number of carboxylic acids is 1. The molecule has 0 spiro atoms. The van der Waals surface area contributed by atoms with Gasteiger partial charge in [-0.3, -0.25) is 0 Å². The fourth-order valence-electron chi connectivity index (χ4n) is 1.56. The van der Waals surface area contributed by atoms with Gasteiger partial charge in [0.15, 0.2) is 0 Å².